The molecule has 0 spiro atoms. The Morgan fingerprint density at radius 1 is 1.29 bits per heavy atom. The number of guanidine groups is 1. The first kappa shape index (κ1) is 18.7. The smallest absolute Gasteiger partial charge is 0.216 e. The second kappa shape index (κ2) is 9.03. The zero-order valence-electron chi connectivity index (χ0n) is 16.0. The van der Waals surface area contributed by atoms with Crippen LogP contribution in [0.15, 0.2) is 45.3 Å². The molecule has 28 heavy (non-hydrogen) atoms. The van der Waals surface area contributed by atoms with Gasteiger partial charge in [0.2, 0.25) is 5.82 Å². The molecule has 4 rings (SSSR count). The minimum atomic E-state index is 0.450. The first-order valence-corrected chi connectivity index (χ1v) is 10.4. The van der Waals surface area contributed by atoms with Crippen molar-refractivity contribution in [3.05, 3.63) is 46.6 Å². The van der Waals surface area contributed by atoms with E-state index in [-0.39, 0.29) is 0 Å². The molecule has 0 atom stereocenters. The lowest BCUT2D eigenvalue weighted by Gasteiger charge is -2.36. The molecule has 2 N–H and O–H groups in total. The van der Waals surface area contributed by atoms with Crippen LogP contribution < -0.4 is 5.32 Å². The van der Waals surface area contributed by atoms with Gasteiger partial charge in [-0.1, -0.05) is 6.07 Å². The maximum atomic E-state index is 5.33. The zero-order valence-corrected chi connectivity index (χ0v) is 16.8. The van der Waals surface area contributed by atoms with E-state index in [2.05, 4.69) is 54.7 Å². The molecule has 0 bridgehead atoms. The SMILES string of the molecule is CCNC(=NCc1nc(-c2ccco2)n[nH]1)N1CCN(Cc2cccs2)CC1. The van der Waals surface area contributed by atoms with Crippen LogP contribution in [0, 0.1) is 0 Å². The molecule has 0 unspecified atom stereocenters. The van der Waals surface area contributed by atoms with E-state index in [1.807, 2.05) is 23.5 Å². The number of hydrogen-bond acceptors (Lipinski definition) is 6. The Balaban J connectivity index is 1.34. The molecule has 4 heterocycles. The number of hydrogen-bond donors (Lipinski definition) is 2. The van der Waals surface area contributed by atoms with Gasteiger partial charge in [0.1, 0.15) is 12.4 Å². The van der Waals surface area contributed by atoms with Gasteiger partial charge in [-0.15, -0.1) is 16.4 Å². The van der Waals surface area contributed by atoms with Gasteiger partial charge in [-0.3, -0.25) is 10.00 Å². The van der Waals surface area contributed by atoms with E-state index >= 15 is 0 Å². The summed E-state index contributed by atoms with van der Waals surface area (Å²) in [7, 11) is 0. The highest BCUT2D eigenvalue weighted by molar-refractivity contribution is 7.09. The van der Waals surface area contributed by atoms with Crippen LogP contribution in [0.3, 0.4) is 0 Å². The number of H-pyrrole nitrogens is 1. The highest BCUT2D eigenvalue weighted by Crippen LogP contribution is 2.15. The van der Waals surface area contributed by atoms with Crippen molar-refractivity contribution in [2.45, 2.75) is 20.0 Å². The highest BCUT2D eigenvalue weighted by Gasteiger charge is 2.20. The van der Waals surface area contributed by atoms with Crippen LogP contribution in [0.25, 0.3) is 11.6 Å². The molecule has 1 aliphatic heterocycles. The zero-order chi connectivity index (χ0) is 19.2. The molecule has 1 aliphatic rings. The summed E-state index contributed by atoms with van der Waals surface area (Å²) < 4.78 is 5.33. The molecule has 1 fully saturated rings. The maximum absolute atomic E-state index is 5.33. The van der Waals surface area contributed by atoms with Crippen molar-refractivity contribution in [1.82, 2.24) is 30.3 Å². The van der Waals surface area contributed by atoms with Crippen LogP contribution in [-0.2, 0) is 13.1 Å². The third-order valence-corrected chi connectivity index (χ3v) is 5.48. The van der Waals surface area contributed by atoms with Crippen molar-refractivity contribution in [1.29, 1.82) is 0 Å². The summed E-state index contributed by atoms with van der Waals surface area (Å²) in [5.74, 6) is 2.86. The summed E-state index contributed by atoms with van der Waals surface area (Å²) in [6.45, 7) is 8.41. The van der Waals surface area contributed by atoms with Gasteiger partial charge in [-0.25, -0.2) is 9.98 Å². The fraction of sp³-hybridized carbons (Fsp3) is 0.421. The summed E-state index contributed by atoms with van der Waals surface area (Å²) in [6, 6.07) is 7.99. The number of nitrogens with zero attached hydrogens (tertiary/aromatic N) is 5. The minimum Gasteiger partial charge on any atom is -0.461 e. The average molecular weight is 400 g/mol. The molecule has 9 heteroatoms. The molecule has 0 saturated carbocycles. The number of piperazine rings is 1. The number of aromatic nitrogens is 3. The molecule has 0 aromatic carbocycles. The van der Waals surface area contributed by atoms with Gasteiger partial charge in [0.25, 0.3) is 0 Å². The van der Waals surface area contributed by atoms with E-state index in [4.69, 9.17) is 9.41 Å². The Labute approximate surface area is 168 Å². The first-order chi connectivity index (χ1) is 13.8. The predicted molar refractivity (Wildman–Crippen MR) is 110 cm³/mol. The van der Waals surface area contributed by atoms with E-state index in [0.717, 1.165) is 51.1 Å². The Morgan fingerprint density at radius 3 is 2.89 bits per heavy atom. The van der Waals surface area contributed by atoms with Gasteiger partial charge in [-0.05, 0) is 30.5 Å². The summed E-state index contributed by atoms with van der Waals surface area (Å²) in [6.07, 6.45) is 1.62. The Bertz CT molecular complexity index is 864. The molecular weight excluding hydrogens is 374 g/mol. The van der Waals surface area contributed by atoms with Gasteiger partial charge in [0.15, 0.2) is 11.7 Å². The van der Waals surface area contributed by atoms with Crippen LogP contribution in [0.4, 0.5) is 0 Å². The monoisotopic (exact) mass is 399 g/mol. The van der Waals surface area contributed by atoms with Crippen molar-refractivity contribution in [3.8, 4) is 11.6 Å². The molecule has 3 aromatic rings. The van der Waals surface area contributed by atoms with Crippen LogP contribution >= 0.6 is 11.3 Å². The van der Waals surface area contributed by atoms with Gasteiger partial charge in [-0.2, -0.15) is 0 Å². The second-order valence-electron chi connectivity index (χ2n) is 6.60. The minimum absolute atomic E-state index is 0.450. The second-order valence-corrected chi connectivity index (χ2v) is 7.63. The molecule has 0 radical (unpaired) electrons. The third kappa shape index (κ3) is 4.60. The normalized spacial score (nSPS) is 15.9. The summed E-state index contributed by atoms with van der Waals surface area (Å²) in [4.78, 5) is 15.5. The van der Waals surface area contributed by atoms with Crippen molar-refractivity contribution in [3.63, 3.8) is 0 Å². The highest BCUT2D eigenvalue weighted by atomic mass is 32.1. The molecule has 0 amide bonds. The standard InChI is InChI=1S/C19H25N7OS/c1-2-20-19(21-13-17-22-18(24-23-17)16-6-3-11-27-16)26-9-7-25(8-10-26)14-15-5-4-12-28-15/h3-6,11-12H,2,7-10,13-14H2,1H3,(H,20,21)(H,22,23,24). The molecule has 8 nitrogen and oxygen atoms in total. The largest absolute Gasteiger partial charge is 0.461 e. The molecule has 0 aliphatic carbocycles. The predicted octanol–water partition coefficient (Wildman–Crippen LogP) is 2.41. The van der Waals surface area contributed by atoms with Crippen molar-refractivity contribution in [2.24, 2.45) is 4.99 Å². The average Bonchev–Trinajstić information content (AvgIpc) is 3.48. The van der Waals surface area contributed by atoms with Crippen LogP contribution in [0.2, 0.25) is 0 Å². The first-order valence-electron chi connectivity index (χ1n) is 9.55. The Hall–Kier alpha value is -2.65. The fourth-order valence-electron chi connectivity index (χ4n) is 3.20. The topological polar surface area (TPSA) is 85.6 Å². The number of nitrogens with one attached hydrogen (secondary N) is 2. The van der Waals surface area contributed by atoms with Crippen molar-refractivity contribution >= 4 is 17.3 Å². The Kier molecular flexibility index (Phi) is 6.03. The van der Waals surface area contributed by atoms with Crippen LogP contribution in [-0.4, -0.2) is 63.7 Å². The molecule has 148 valence electrons. The number of aromatic amines is 1. The van der Waals surface area contributed by atoms with Crippen LogP contribution in [0.5, 0.6) is 0 Å². The van der Waals surface area contributed by atoms with Gasteiger partial charge in [0.05, 0.1) is 6.26 Å². The van der Waals surface area contributed by atoms with E-state index < -0.39 is 0 Å². The number of rotatable bonds is 6. The van der Waals surface area contributed by atoms with E-state index in [9.17, 15) is 0 Å². The lowest BCUT2D eigenvalue weighted by atomic mass is 10.3. The number of aliphatic imine (C=N–C) groups is 1. The van der Waals surface area contributed by atoms with Crippen molar-refractivity contribution < 1.29 is 4.42 Å². The molecular formula is C19H25N7OS. The maximum Gasteiger partial charge on any atom is 0.216 e. The summed E-state index contributed by atoms with van der Waals surface area (Å²) >= 11 is 1.82. The van der Waals surface area contributed by atoms with Crippen LogP contribution in [0.1, 0.15) is 17.6 Å². The quantitative estimate of drug-likeness (QED) is 0.489. The Morgan fingerprint density at radius 2 is 2.18 bits per heavy atom. The molecule has 3 aromatic heterocycles. The lowest BCUT2D eigenvalue weighted by molar-refractivity contribution is 0.173. The number of thiophene rings is 1. The summed E-state index contributed by atoms with van der Waals surface area (Å²) in [5.41, 5.74) is 0. The summed E-state index contributed by atoms with van der Waals surface area (Å²) in [5, 5.41) is 12.7. The van der Waals surface area contributed by atoms with E-state index in [1.165, 1.54) is 4.88 Å². The van der Waals surface area contributed by atoms with Gasteiger partial charge < -0.3 is 14.6 Å². The van der Waals surface area contributed by atoms with E-state index in [1.54, 1.807) is 6.26 Å². The molecule has 1 saturated heterocycles. The number of furan rings is 1. The lowest BCUT2D eigenvalue weighted by Crippen LogP contribution is -2.52. The van der Waals surface area contributed by atoms with Gasteiger partial charge >= 0.3 is 0 Å². The van der Waals surface area contributed by atoms with E-state index in [0.29, 0.717) is 18.1 Å². The third-order valence-electron chi connectivity index (χ3n) is 4.62. The fourth-order valence-corrected chi connectivity index (χ4v) is 3.94. The van der Waals surface area contributed by atoms with Gasteiger partial charge in [0, 0.05) is 44.1 Å². The van der Waals surface area contributed by atoms with Crippen molar-refractivity contribution in [2.75, 3.05) is 32.7 Å².